The summed E-state index contributed by atoms with van der Waals surface area (Å²) in [7, 11) is 1.46. The van der Waals surface area contributed by atoms with Crippen LogP contribution in [0.5, 0.6) is 5.75 Å². The van der Waals surface area contributed by atoms with Crippen molar-refractivity contribution in [3.8, 4) is 5.75 Å². The zero-order valence-corrected chi connectivity index (χ0v) is 12.2. The van der Waals surface area contributed by atoms with Crippen LogP contribution in [0.2, 0.25) is 0 Å². The third-order valence-corrected chi connectivity index (χ3v) is 3.57. The quantitative estimate of drug-likeness (QED) is 0.662. The minimum absolute atomic E-state index is 0.296. The molecule has 0 aliphatic rings. The van der Waals surface area contributed by atoms with Crippen LogP contribution >= 0.6 is 15.9 Å². The maximum Gasteiger partial charge on any atom is 0.137 e. The van der Waals surface area contributed by atoms with E-state index in [1.165, 1.54) is 19.2 Å². The van der Waals surface area contributed by atoms with Gasteiger partial charge >= 0.3 is 0 Å². The standard InChI is InChI=1S/C14H13BrF2N2O/c1-20-9-3-4-10(13(17)7-9)14(19-18)8-2-5-12(16)11(15)6-8/h2-7,14,19H,18H2,1H3. The van der Waals surface area contributed by atoms with Crippen LogP contribution in [-0.2, 0) is 0 Å². The second-order valence-corrected chi connectivity index (χ2v) is 5.02. The van der Waals surface area contributed by atoms with Gasteiger partial charge in [-0.25, -0.2) is 14.2 Å². The Kier molecular flexibility index (Phi) is 4.69. The van der Waals surface area contributed by atoms with Crippen LogP contribution < -0.4 is 16.0 Å². The molecule has 1 unspecified atom stereocenters. The SMILES string of the molecule is COc1ccc(C(NN)c2ccc(F)c(Br)c2)c(F)c1. The molecule has 0 aromatic heterocycles. The highest BCUT2D eigenvalue weighted by Crippen LogP contribution is 2.28. The van der Waals surface area contributed by atoms with Crippen molar-refractivity contribution < 1.29 is 13.5 Å². The summed E-state index contributed by atoms with van der Waals surface area (Å²) in [5, 5.41) is 0. The van der Waals surface area contributed by atoms with E-state index in [1.807, 2.05) is 0 Å². The average Bonchev–Trinajstić information content (AvgIpc) is 2.45. The third-order valence-electron chi connectivity index (χ3n) is 2.96. The van der Waals surface area contributed by atoms with Gasteiger partial charge in [-0.15, -0.1) is 0 Å². The summed E-state index contributed by atoms with van der Waals surface area (Å²) in [5.74, 6) is 5.09. The van der Waals surface area contributed by atoms with Gasteiger partial charge < -0.3 is 4.74 Å². The highest BCUT2D eigenvalue weighted by molar-refractivity contribution is 9.10. The lowest BCUT2D eigenvalue weighted by molar-refractivity contribution is 0.410. The first-order valence-electron chi connectivity index (χ1n) is 5.81. The molecular formula is C14H13BrF2N2O. The molecule has 0 aliphatic carbocycles. The first-order chi connectivity index (χ1) is 9.56. The Hall–Kier alpha value is -1.50. The summed E-state index contributed by atoms with van der Waals surface area (Å²) in [6.07, 6.45) is 0. The maximum absolute atomic E-state index is 14.1. The average molecular weight is 343 g/mol. The van der Waals surface area contributed by atoms with E-state index in [0.29, 0.717) is 21.3 Å². The largest absolute Gasteiger partial charge is 0.497 e. The third kappa shape index (κ3) is 2.98. The summed E-state index contributed by atoms with van der Waals surface area (Å²) < 4.78 is 32.6. The Morgan fingerprint density at radius 2 is 1.90 bits per heavy atom. The second kappa shape index (κ2) is 6.30. The Balaban J connectivity index is 2.43. The van der Waals surface area contributed by atoms with Gasteiger partial charge in [-0.2, -0.15) is 0 Å². The number of benzene rings is 2. The summed E-state index contributed by atoms with van der Waals surface area (Å²) >= 11 is 3.10. The number of ether oxygens (including phenoxy) is 1. The van der Waals surface area contributed by atoms with Crippen molar-refractivity contribution >= 4 is 15.9 Å². The topological polar surface area (TPSA) is 47.3 Å². The minimum Gasteiger partial charge on any atom is -0.497 e. The maximum atomic E-state index is 14.1. The molecule has 0 aliphatic heterocycles. The first kappa shape index (κ1) is 14.9. The van der Waals surface area contributed by atoms with Crippen molar-refractivity contribution in [3.05, 3.63) is 63.6 Å². The van der Waals surface area contributed by atoms with E-state index in [-0.39, 0.29) is 5.82 Å². The van der Waals surface area contributed by atoms with Gasteiger partial charge in [0.15, 0.2) is 0 Å². The zero-order valence-electron chi connectivity index (χ0n) is 10.7. The molecule has 1 atom stereocenters. The number of rotatable bonds is 4. The van der Waals surface area contributed by atoms with Crippen molar-refractivity contribution in [1.82, 2.24) is 5.43 Å². The molecule has 0 bridgehead atoms. The van der Waals surface area contributed by atoms with Gasteiger partial charge in [0.05, 0.1) is 17.6 Å². The number of hydrogen-bond acceptors (Lipinski definition) is 3. The molecule has 20 heavy (non-hydrogen) atoms. The number of hydrazine groups is 1. The monoisotopic (exact) mass is 342 g/mol. The van der Waals surface area contributed by atoms with Crippen LogP contribution in [0.15, 0.2) is 40.9 Å². The van der Waals surface area contributed by atoms with Crippen LogP contribution in [0, 0.1) is 11.6 Å². The number of nitrogens with two attached hydrogens (primary N) is 1. The van der Waals surface area contributed by atoms with Gasteiger partial charge in [-0.3, -0.25) is 5.84 Å². The van der Waals surface area contributed by atoms with E-state index in [9.17, 15) is 8.78 Å². The number of nitrogens with one attached hydrogen (secondary N) is 1. The van der Waals surface area contributed by atoms with Crippen LogP contribution in [-0.4, -0.2) is 7.11 Å². The van der Waals surface area contributed by atoms with E-state index in [1.54, 1.807) is 24.3 Å². The Morgan fingerprint density at radius 3 is 2.45 bits per heavy atom. The molecule has 6 heteroatoms. The number of hydrogen-bond donors (Lipinski definition) is 2. The fourth-order valence-electron chi connectivity index (χ4n) is 1.93. The predicted molar refractivity (Wildman–Crippen MR) is 76.2 cm³/mol. The Labute approximate surface area is 123 Å². The van der Waals surface area contributed by atoms with Gasteiger partial charge in [0.1, 0.15) is 17.4 Å². The lowest BCUT2D eigenvalue weighted by Gasteiger charge is -2.18. The molecule has 3 nitrogen and oxygen atoms in total. The van der Waals surface area contributed by atoms with Gasteiger partial charge in [0.2, 0.25) is 0 Å². The minimum atomic E-state index is -0.585. The van der Waals surface area contributed by atoms with Crippen molar-refractivity contribution in [2.45, 2.75) is 6.04 Å². The predicted octanol–water partition coefficient (Wildman–Crippen LogP) is 3.29. The normalized spacial score (nSPS) is 12.2. The first-order valence-corrected chi connectivity index (χ1v) is 6.60. The van der Waals surface area contributed by atoms with Crippen LogP contribution in [0.3, 0.4) is 0 Å². The molecule has 0 saturated heterocycles. The number of halogens is 3. The van der Waals surface area contributed by atoms with Crippen LogP contribution in [0.1, 0.15) is 17.2 Å². The fourth-order valence-corrected chi connectivity index (χ4v) is 2.32. The fraction of sp³-hybridized carbons (Fsp3) is 0.143. The molecule has 0 heterocycles. The molecule has 0 radical (unpaired) electrons. The van der Waals surface area contributed by atoms with E-state index in [4.69, 9.17) is 10.6 Å². The van der Waals surface area contributed by atoms with Gasteiger partial charge in [0.25, 0.3) is 0 Å². The molecule has 3 N–H and O–H groups in total. The smallest absolute Gasteiger partial charge is 0.137 e. The lowest BCUT2D eigenvalue weighted by Crippen LogP contribution is -2.29. The summed E-state index contributed by atoms with van der Waals surface area (Å²) in [6.45, 7) is 0. The van der Waals surface area contributed by atoms with Crippen molar-refractivity contribution in [2.24, 2.45) is 5.84 Å². The summed E-state index contributed by atoms with van der Waals surface area (Å²) in [6, 6.07) is 8.32. The number of methoxy groups -OCH3 is 1. The highest BCUT2D eigenvalue weighted by atomic mass is 79.9. The second-order valence-electron chi connectivity index (χ2n) is 4.16. The van der Waals surface area contributed by atoms with E-state index in [0.717, 1.165) is 0 Å². The van der Waals surface area contributed by atoms with E-state index >= 15 is 0 Å². The van der Waals surface area contributed by atoms with Crippen molar-refractivity contribution in [1.29, 1.82) is 0 Å². The molecule has 2 aromatic rings. The van der Waals surface area contributed by atoms with Gasteiger partial charge in [-0.1, -0.05) is 12.1 Å². The van der Waals surface area contributed by atoms with Gasteiger partial charge in [0, 0.05) is 11.6 Å². The Bertz CT molecular complexity index is 622. The van der Waals surface area contributed by atoms with Crippen molar-refractivity contribution in [2.75, 3.05) is 7.11 Å². The van der Waals surface area contributed by atoms with E-state index < -0.39 is 11.9 Å². The van der Waals surface area contributed by atoms with Gasteiger partial charge in [-0.05, 0) is 39.7 Å². The summed E-state index contributed by atoms with van der Waals surface area (Å²) in [5.41, 5.74) is 3.53. The molecule has 2 rings (SSSR count). The van der Waals surface area contributed by atoms with E-state index in [2.05, 4.69) is 21.4 Å². The van der Waals surface area contributed by atoms with Crippen LogP contribution in [0.25, 0.3) is 0 Å². The molecule has 2 aromatic carbocycles. The molecular weight excluding hydrogens is 330 g/mol. The molecule has 106 valence electrons. The molecule has 0 saturated carbocycles. The molecule has 0 amide bonds. The zero-order chi connectivity index (χ0) is 14.7. The van der Waals surface area contributed by atoms with Crippen molar-refractivity contribution in [3.63, 3.8) is 0 Å². The highest BCUT2D eigenvalue weighted by Gasteiger charge is 2.18. The Morgan fingerprint density at radius 1 is 1.15 bits per heavy atom. The van der Waals surface area contributed by atoms with Crippen LogP contribution in [0.4, 0.5) is 8.78 Å². The molecule has 0 fully saturated rings. The summed E-state index contributed by atoms with van der Waals surface area (Å²) in [4.78, 5) is 0. The molecule has 0 spiro atoms. The lowest BCUT2D eigenvalue weighted by atomic mass is 9.98.